The molecule has 7 nitrogen and oxygen atoms in total. The van der Waals surface area contributed by atoms with Crippen molar-refractivity contribution in [1.29, 1.82) is 0 Å². The number of nitrogens with one attached hydrogen (secondary N) is 1. The zero-order chi connectivity index (χ0) is 19.2. The van der Waals surface area contributed by atoms with Gasteiger partial charge in [0.05, 0.1) is 13.1 Å². The van der Waals surface area contributed by atoms with Crippen LogP contribution < -0.4 is 5.32 Å². The second kappa shape index (κ2) is 10.6. The molecule has 3 aromatic rings. The predicted octanol–water partition coefficient (Wildman–Crippen LogP) is 3.25. The molecule has 0 aliphatic rings. The molecule has 0 bridgehead atoms. The summed E-state index contributed by atoms with van der Waals surface area (Å²) in [6.45, 7) is 2.19. The van der Waals surface area contributed by atoms with Gasteiger partial charge in [0, 0.05) is 44.1 Å². The van der Waals surface area contributed by atoms with Crippen LogP contribution in [0.2, 0.25) is 0 Å². The first-order valence-corrected chi connectivity index (χ1v) is 9.47. The van der Waals surface area contributed by atoms with Crippen LogP contribution in [0.15, 0.2) is 58.6 Å². The van der Waals surface area contributed by atoms with Gasteiger partial charge < -0.3 is 14.8 Å². The van der Waals surface area contributed by atoms with Crippen molar-refractivity contribution in [2.24, 2.45) is 12.0 Å². The Morgan fingerprint density at radius 2 is 2.07 bits per heavy atom. The summed E-state index contributed by atoms with van der Waals surface area (Å²) in [7, 11) is 5.89. The molecule has 2 heterocycles. The summed E-state index contributed by atoms with van der Waals surface area (Å²) in [5.74, 6) is 0.856. The first-order valence-electron chi connectivity index (χ1n) is 8.68. The molecule has 0 radical (unpaired) electrons. The van der Waals surface area contributed by atoms with Crippen molar-refractivity contribution >= 4 is 45.9 Å². The van der Waals surface area contributed by atoms with Crippen LogP contribution in [0.25, 0.3) is 0 Å². The molecule has 0 saturated carbocycles. The number of aliphatic imine (C=N–C) groups is 1. The highest BCUT2D eigenvalue weighted by Gasteiger charge is 2.10. The summed E-state index contributed by atoms with van der Waals surface area (Å²) in [6.07, 6.45) is 5.33. The minimum absolute atomic E-state index is 0. The van der Waals surface area contributed by atoms with E-state index in [0.717, 1.165) is 17.0 Å². The van der Waals surface area contributed by atoms with Crippen LogP contribution in [0.3, 0.4) is 0 Å². The Kier molecular flexibility index (Phi) is 8.49. The highest BCUT2D eigenvalue weighted by molar-refractivity contribution is 14.0. The molecule has 1 aromatic carbocycles. The Morgan fingerprint density at radius 1 is 1.29 bits per heavy atom. The summed E-state index contributed by atoms with van der Waals surface area (Å²) < 4.78 is 5.01. The van der Waals surface area contributed by atoms with Gasteiger partial charge in [-0.05, 0) is 33.1 Å². The maximum atomic E-state index is 4.41. The molecule has 1 N–H and O–H groups in total. The van der Waals surface area contributed by atoms with Gasteiger partial charge in [-0.1, -0.05) is 24.3 Å². The van der Waals surface area contributed by atoms with E-state index in [1.165, 1.54) is 16.8 Å². The van der Waals surface area contributed by atoms with E-state index in [4.69, 9.17) is 0 Å². The Morgan fingerprint density at radius 3 is 2.71 bits per heavy atom. The Hall–Kier alpha value is -1.88. The number of guanidine groups is 1. The van der Waals surface area contributed by atoms with Gasteiger partial charge in [-0.15, -0.1) is 24.0 Å². The number of aromatic nitrogens is 4. The van der Waals surface area contributed by atoms with Gasteiger partial charge in [0.1, 0.15) is 12.7 Å². The lowest BCUT2D eigenvalue weighted by Gasteiger charge is -2.22. The molecule has 0 aliphatic carbocycles. The van der Waals surface area contributed by atoms with E-state index in [0.29, 0.717) is 13.1 Å². The van der Waals surface area contributed by atoms with Gasteiger partial charge in [0.25, 0.3) is 0 Å². The van der Waals surface area contributed by atoms with Crippen molar-refractivity contribution in [2.45, 2.75) is 19.6 Å². The number of rotatable bonds is 6. The molecule has 0 atom stereocenters. The van der Waals surface area contributed by atoms with Crippen LogP contribution in [0.4, 0.5) is 0 Å². The van der Waals surface area contributed by atoms with Gasteiger partial charge in [-0.25, -0.2) is 9.67 Å². The second-order valence-electron chi connectivity index (χ2n) is 6.43. The van der Waals surface area contributed by atoms with Crippen LogP contribution in [0.1, 0.15) is 16.8 Å². The fourth-order valence-electron chi connectivity index (χ4n) is 2.95. The van der Waals surface area contributed by atoms with Crippen molar-refractivity contribution in [2.75, 3.05) is 14.1 Å². The topological polar surface area (TPSA) is 63.3 Å². The lowest BCUT2D eigenvalue weighted by Crippen LogP contribution is -2.38. The van der Waals surface area contributed by atoms with E-state index >= 15 is 0 Å². The SMILES string of the molecule is CN=C(NCc1cccc(Cn2cncn2)c1)N(C)Cc1cc(Br)cn1C.I. The van der Waals surface area contributed by atoms with Crippen molar-refractivity contribution in [3.63, 3.8) is 0 Å². The number of aryl methyl sites for hydroxylation is 1. The van der Waals surface area contributed by atoms with Gasteiger partial charge >= 0.3 is 0 Å². The minimum Gasteiger partial charge on any atom is -0.352 e. The van der Waals surface area contributed by atoms with E-state index in [1.807, 2.05) is 18.8 Å². The van der Waals surface area contributed by atoms with Crippen LogP contribution >= 0.6 is 39.9 Å². The fraction of sp³-hybridized carbons (Fsp3) is 0.316. The second-order valence-corrected chi connectivity index (χ2v) is 7.35. The summed E-state index contributed by atoms with van der Waals surface area (Å²) in [4.78, 5) is 10.5. The molecule has 28 heavy (non-hydrogen) atoms. The average Bonchev–Trinajstić information content (AvgIpc) is 3.25. The number of halogens is 2. The molecular formula is C19H25BrIN7. The first kappa shape index (κ1) is 22.4. The molecule has 0 fully saturated rings. The van der Waals surface area contributed by atoms with Crippen molar-refractivity contribution in [3.05, 3.63) is 70.5 Å². The number of hydrogen-bond donors (Lipinski definition) is 1. The van der Waals surface area contributed by atoms with Crippen LogP contribution in [0.5, 0.6) is 0 Å². The van der Waals surface area contributed by atoms with Crippen molar-refractivity contribution in [3.8, 4) is 0 Å². The quantitative estimate of drug-likeness (QED) is 0.287. The Balaban J connectivity index is 0.00000280. The molecular weight excluding hydrogens is 533 g/mol. The van der Waals surface area contributed by atoms with E-state index in [1.54, 1.807) is 19.7 Å². The Labute approximate surface area is 191 Å². The summed E-state index contributed by atoms with van der Waals surface area (Å²) in [5.41, 5.74) is 3.60. The molecule has 150 valence electrons. The van der Waals surface area contributed by atoms with Gasteiger partial charge in [-0.3, -0.25) is 4.99 Å². The van der Waals surface area contributed by atoms with Gasteiger partial charge in [-0.2, -0.15) is 5.10 Å². The zero-order valence-corrected chi connectivity index (χ0v) is 20.1. The monoisotopic (exact) mass is 557 g/mol. The van der Waals surface area contributed by atoms with E-state index in [2.05, 4.69) is 82.3 Å². The molecule has 9 heteroatoms. The van der Waals surface area contributed by atoms with Crippen LogP contribution in [-0.4, -0.2) is 44.3 Å². The smallest absolute Gasteiger partial charge is 0.194 e. The third kappa shape index (κ3) is 6.06. The molecule has 0 saturated heterocycles. The number of nitrogens with zero attached hydrogens (tertiary/aromatic N) is 6. The predicted molar refractivity (Wildman–Crippen MR) is 126 cm³/mol. The summed E-state index contributed by atoms with van der Waals surface area (Å²) >= 11 is 3.52. The average molecular weight is 558 g/mol. The molecule has 2 aromatic heterocycles. The van der Waals surface area contributed by atoms with Gasteiger partial charge in [0.15, 0.2) is 5.96 Å². The number of benzene rings is 1. The van der Waals surface area contributed by atoms with Crippen LogP contribution in [-0.2, 0) is 26.7 Å². The highest BCUT2D eigenvalue weighted by Crippen LogP contribution is 2.15. The fourth-order valence-corrected chi connectivity index (χ4v) is 3.52. The molecule has 3 rings (SSSR count). The highest BCUT2D eigenvalue weighted by atomic mass is 127. The van der Waals surface area contributed by atoms with Gasteiger partial charge in [0.2, 0.25) is 0 Å². The van der Waals surface area contributed by atoms with Crippen molar-refractivity contribution in [1.82, 2.24) is 29.5 Å². The maximum Gasteiger partial charge on any atom is 0.194 e. The molecule has 0 amide bonds. The third-order valence-electron chi connectivity index (χ3n) is 4.30. The molecule has 0 unspecified atom stereocenters. The zero-order valence-electron chi connectivity index (χ0n) is 16.2. The minimum atomic E-state index is 0. The lowest BCUT2D eigenvalue weighted by molar-refractivity contribution is 0.461. The molecule has 0 aliphatic heterocycles. The third-order valence-corrected chi connectivity index (χ3v) is 4.73. The molecule has 0 spiro atoms. The summed E-state index contributed by atoms with van der Waals surface area (Å²) in [5, 5.41) is 7.60. The van der Waals surface area contributed by atoms with E-state index in [-0.39, 0.29) is 24.0 Å². The summed E-state index contributed by atoms with van der Waals surface area (Å²) in [6, 6.07) is 10.6. The lowest BCUT2D eigenvalue weighted by atomic mass is 10.1. The largest absolute Gasteiger partial charge is 0.352 e. The van der Waals surface area contributed by atoms with E-state index < -0.39 is 0 Å². The Bertz CT molecular complexity index is 905. The first-order chi connectivity index (χ1) is 13.0. The van der Waals surface area contributed by atoms with E-state index in [9.17, 15) is 0 Å². The normalized spacial score (nSPS) is 11.2. The standard InChI is InChI=1S/C19H24BrN7.HI/c1-21-19(26(3)12-18-8-17(20)11-25(18)2)23-9-15-5-4-6-16(7-15)10-27-14-22-13-24-27;/h4-8,11,13-14H,9-10,12H2,1-3H3,(H,21,23);1H. The van der Waals surface area contributed by atoms with Crippen LogP contribution in [0, 0.1) is 0 Å². The number of hydrogen-bond acceptors (Lipinski definition) is 3. The van der Waals surface area contributed by atoms with Crippen molar-refractivity contribution < 1.29 is 0 Å². The maximum absolute atomic E-state index is 4.41.